The van der Waals surface area contributed by atoms with E-state index in [0.717, 1.165) is 12.6 Å². The Labute approximate surface area is 104 Å². The van der Waals surface area contributed by atoms with E-state index >= 15 is 0 Å². The lowest BCUT2D eigenvalue weighted by Crippen LogP contribution is -2.04. The van der Waals surface area contributed by atoms with Crippen LogP contribution in [0.25, 0.3) is 0 Å². The second-order valence-electron chi connectivity index (χ2n) is 4.62. The fourth-order valence-electron chi connectivity index (χ4n) is 2.31. The largest absolute Gasteiger partial charge is 0.294 e. The molecular formula is C15H12FNO. The van der Waals surface area contributed by atoms with Gasteiger partial charge >= 0.3 is 0 Å². The van der Waals surface area contributed by atoms with Crippen molar-refractivity contribution in [1.29, 1.82) is 0 Å². The molecule has 1 fully saturated rings. The molecule has 3 rings (SSSR count). The van der Waals surface area contributed by atoms with Crippen molar-refractivity contribution in [3.05, 3.63) is 65.7 Å². The van der Waals surface area contributed by atoms with Gasteiger partial charge in [-0.2, -0.15) is 0 Å². The number of aromatic nitrogens is 1. The van der Waals surface area contributed by atoms with Gasteiger partial charge in [0.1, 0.15) is 5.82 Å². The highest BCUT2D eigenvalue weighted by molar-refractivity contribution is 6.00. The lowest BCUT2D eigenvalue weighted by Gasteiger charge is -2.01. The molecule has 0 spiro atoms. The first kappa shape index (κ1) is 11.1. The minimum atomic E-state index is -0.460. The Hall–Kier alpha value is -2.03. The van der Waals surface area contributed by atoms with Crippen molar-refractivity contribution in [3.8, 4) is 0 Å². The molecule has 1 saturated carbocycles. The van der Waals surface area contributed by atoms with Crippen molar-refractivity contribution >= 4 is 5.78 Å². The average molecular weight is 241 g/mol. The maximum Gasteiger partial charge on any atom is 0.168 e. The first-order chi connectivity index (χ1) is 8.75. The molecule has 0 saturated heterocycles. The molecule has 0 N–H and O–H groups in total. The molecule has 0 amide bonds. The summed E-state index contributed by atoms with van der Waals surface area (Å²) < 4.78 is 13.0. The van der Waals surface area contributed by atoms with Crippen LogP contribution in [-0.4, -0.2) is 10.8 Å². The highest BCUT2D eigenvalue weighted by atomic mass is 19.1. The van der Waals surface area contributed by atoms with Gasteiger partial charge in [0.15, 0.2) is 5.78 Å². The molecule has 1 aliphatic carbocycles. The summed E-state index contributed by atoms with van der Waals surface area (Å²) in [7, 11) is 0. The number of nitrogens with zero attached hydrogens (tertiary/aromatic N) is 1. The van der Waals surface area contributed by atoms with Crippen LogP contribution in [0.5, 0.6) is 0 Å². The van der Waals surface area contributed by atoms with E-state index < -0.39 is 5.82 Å². The third-order valence-corrected chi connectivity index (χ3v) is 3.34. The van der Waals surface area contributed by atoms with Gasteiger partial charge in [0.2, 0.25) is 0 Å². The minimum Gasteiger partial charge on any atom is -0.294 e. The molecule has 1 aliphatic rings. The number of Topliss-reactive ketones (excluding diaryl/α,β-unsaturated/α-hetero) is 1. The number of hydrogen-bond donors (Lipinski definition) is 0. The number of ketones is 1. The Morgan fingerprint density at radius 1 is 1.22 bits per heavy atom. The number of hydrogen-bond acceptors (Lipinski definition) is 2. The zero-order valence-electron chi connectivity index (χ0n) is 9.71. The Morgan fingerprint density at radius 2 is 2.00 bits per heavy atom. The highest BCUT2D eigenvalue weighted by Crippen LogP contribution is 2.48. The molecule has 2 unspecified atom stereocenters. The summed E-state index contributed by atoms with van der Waals surface area (Å²) in [4.78, 5) is 15.9. The minimum absolute atomic E-state index is 0.00384. The van der Waals surface area contributed by atoms with Gasteiger partial charge in [-0.05, 0) is 24.0 Å². The zero-order valence-corrected chi connectivity index (χ0v) is 9.71. The third kappa shape index (κ3) is 2.04. The lowest BCUT2D eigenvalue weighted by atomic mass is 10.0. The Bertz CT molecular complexity index is 582. The maximum atomic E-state index is 13.0. The van der Waals surface area contributed by atoms with E-state index in [1.807, 2.05) is 30.3 Å². The average Bonchev–Trinajstić information content (AvgIpc) is 3.19. The van der Waals surface area contributed by atoms with Gasteiger partial charge in [0.05, 0.1) is 6.20 Å². The van der Waals surface area contributed by atoms with E-state index in [4.69, 9.17) is 0 Å². The molecule has 2 aromatic rings. The van der Waals surface area contributed by atoms with E-state index in [2.05, 4.69) is 4.98 Å². The molecule has 3 heteroatoms. The van der Waals surface area contributed by atoms with Crippen molar-refractivity contribution < 1.29 is 9.18 Å². The van der Waals surface area contributed by atoms with Crippen LogP contribution in [0.1, 0.15) is 28.3 Å². The number of benzene rings is 1. The molecule has 0 bridgehead atoms. The molecule has 90 valence electrons. The van der Waals surface area contributed by atoms with Crippen LogP contribution in [0.4, 0.5) is 4.39 Å². The van der Waals surface area contributed by atoms with Crippen LogP contribution in [-0.2, 0) is 0 Å². The number of rotatable bonds is 3. The van der Waals surface area contributed by atoms with Gasteiger partial charge in [0, 0.05) is 17.7 Å². The van der Waals surface area contributed by atoms with Crippen LogP contribution in [0.15, 0.2) is 48.8 Å². The normalized spacial score (nSPS) is 21.6. The predicted molar refractivity (Wildman–Crippen MR) is 65.8 cm³/mol. The molecule has 18 heavy (non-hydrogen) atoms. The number of carbonyl (C=O) groups is 1. The number of pyridine rings is 1. The van der Waals surface area contributed by atoms with Gasteiger partial charge in [-0.1, -0.05) is 30.3 Å². The molecule has 1 heterocycles. The summed E-state index contributed by atoms with van der Waals surface area (Å²) in [5, 5.41) is 0. The lowest BCUT2D eigenvalue weighted by molar-refractivity contribution is 0.0964. The molecule has 1 aromatic heterocycles. The summed E-state index contributed by atoms with van der Waals surface area (Å²) in [5.41, 5.74) is 1.55. The third-order valence-electron chi connectivity index (χ3n) is 3.34. The Morgan fingerprint density at radius 3 is 2.72 bits per heavy atom. The summed E-state index contributed by atoms with van der Waals surface area (Å²) >= 11 is 0. The molecule has 2 atom stereocenters. The number of carbonyl (C=O) groups excluding carboxylic acids is 1. The van der Waals surface area contributed by atoms with Crippen LogP contribution in [0, 0.1) is 11.7 Å². The zero-order chi connectivity index (χ0) is 12.5. The summed E-state index contributed by atoms with van der Waals surface area (Å²) in [5.74, 6) is -0.202. The van der Waals surface area contributed by atoms with Gasteiger partial charge in [-0.25, -0.2) is 4.39 Å². The monoisotopic (exact) mass is 241 g/mol. The molecule has 0 radical (unpaired) electrons. The van der Waals surface area contributed by atoms with Gasteiger partial charge in [0.25, 0.3) is 0 Å². The van der Waals surface area contributed by atoms with Crippen molar-refractivity contribution in [1.82, 2.24) is 4.98 Å². The first-order valence-corrected chi connectivity index (χ1v) is 5.95. The smallest absolute Gasteiger partial charge is 0.168 e. The standard InChI is InChI=1S/C15H12FNO/c16-12-6-11(8-17-9-12)15(18)14-7-13(14)10-4-2-1-3-5-10/h1-6,8-9,13-14H,7H2. The second-order valence-corrected chi connectivity index (χ2v) is 4.62. The Kier molecular flexibility index (Phi) is 2.67. The first-order valence-electron chi connectivity index (χ1n) is 5.95. The SMILES string of the molecule is O=C(c1cncc(F)c1)C1CC1c1ccccc1. The Balaban J connectivity index is 1.77. The van der Waals surface area contributed by atoms with Crippen molar-refractivity contribution in [2.24, 2.45) is 5.92 Å². The summed E-state index contributed by atoms with van der Waals surface area (Å²) in [6.45, 7) is 0. The number of halogens is 1. The molecule has 0 aliphatic heterocycles. The maximum absolute atomic E-state index is 13.0. The van der Waals surface area contributed by atoms with E-state index in [0.29, 0.717) is 5.56 Å². The molecule has 1 aromatic carbocycles. The molecule has 2 nitrogen and oxygen atoms in total. The molecular weight excluding hydrogens is 229 g/mol. The van der Waals surface area contributed by atoms with Crippen molar-refractivity contribution in [2.75, 3.05) is 0 Å². The van der Waals surface area contributed by atoms with Gasteiger partial charge in [-0.3, -0.25) is 9.78 Å². The highest BCUT2D eigenvalue weighted by Gasteiger charge is 2.43. The predicted octanol–water partition coefficient (Wildman–Crippen LogP) is 3.21. The van der Waals surface area contributed by atoms with E-state index in [1.165, 1.54) is 17.8 Å². The van der Waals surface area contributed by atoms with Gasteiger partial charge in [-0.15, -0.1) is 0 Å². The fraction of sp³-hybridized carbons (Fsp3) is 0.200. The van der Waals surface area contributed by atoms with E-state index in [1.54, 1.807) is 0 Å². The fourth-order valence-corrected chi connectivity index (χ4v) is 2.31. The quantitative estimate of drug-likeness (QED) is 0.772. The van der Waals surface area contributed by atoms with E-state index in [-0.39, 0.29) is 17.6 Å². The van der Waals surface area contributed by atoms with Crippen molar-refractivity contribution in [3.63, 3.8) is 0 Å². The topological polar surface area (TPSA) is 30.0 Å². The second kappa shape index (κ2) is 4.33. The van der Waals surface area contributed by atoms with Crippen molar-refractivity contribution in [2.45, 2.75) is 12.3 Å². The van der Waals surface area contributed by atoms with Crippen LogP contribution < -0.4 is 0 Å². The summed E-state index contributed by atoms with van der Waals surface area (Å²) in [6, 6.07) is 11.2. The van der Waals surface area contributed by atoms with Crippen LogP contribution in [0.3, 0.4) is 0 Å². The van der Waals surface area contributed by atoms with Gasteiger partial charge < -0.3 is 0 Å². The van der Waals surface area contributed by atoms with Crippen LogP contribution in [0.2, 0.25) is 0 Å². The van der Waals surface area contributed by atoms with Crippen LogP contribution >= 0.6 is 0 Å². The van der Waals surface area contributed by atoms with E-state index in [9.17, 15) is 9.18 Å². The summed E-state index contributed by atoms with van der Waals surface area (Å²) in [6.07, 6.45) is 3.39.